The van der Waals surface area contributed by atoms with Crippen LogP contribution in [-0.2, 0) is 9.59 Å². The van der Waals surface area contributed by atoms with Gasteiger partial charge in [-0.1, -0.05) is 36.5 Å². The largest absolute Gasteiger partial charge is 0.507 e. The molecule has 2 heterocycles. The lowest BCUT2D eigenvalue weighted by atomic mass is 9.77. The molecule has 2 saturated heterocycles. The second-order valence-corrected chi connectivity index (χ2v) is 8.57. The van der Waals surface area contributed by atoms with E-state index < -0.39 is 6.04 Å². The number of ketones is 1. The van der Waals surface area contributed by atoms with Crippen LogP contribution in [0, 0.1) is 5.92 Å². The lowest BCUT2D eigenvalue weighted by molar-refractivity contribution is -0.156. The van der Waals surface area contributed by atoms with E-state index in [-0.39, 0.29) is 23.5 Å². The van der Waals surface area contributed by atoms with Crippen molar-refractivity contribution in [1.29, 1.82) is 0 Å². The highest BCUT2D eigenvalue weighted by atomic mass is 16.3. The molecule has 148 valence electrons. The molecular weight excluding hydrogens is 340 g/mol. The van der Waals surface area contributed by atoms with Crippen molar-refractivity contribution in [2.45, 2.75) is 78.3 Å². The zero-order valence-electron chi connectivity index (χ0n) is 17.0. The fraction of sp³-hybridized carbons (Fsp3) is 0.636. The van der Waals surface area contributed by atoms with E-state index in [2.05, 4.69) is 5.01 Å². The third-order valence-corrected chi connectivity index (χ3v) is 5.79. The Morgan fingerprint density at radius 3 is 2.30 bits per heavy atom. The molecule has 0 aromatic rings. The van der Waals surface area contributed by atoms with E-state index in [4.69, 9.17) is 0 Å². The molecule has 0 aromatic heterocycles. The second kappa shape index (κ2) is 8.01. The summed E-state index contributed by atoms with van der Waals surface area (Å²) in [6, 6.07) is -0.853. The number of carbonyl (C=O) groups is 2. The number of rotatable bonds is 3. The number of Topliss-reactive ketones (excluding diaryl/α,β-unsaturated/α-hetero) is 1. The molecule has 27 heavy (non-hydrogen) atoms. The van der Waals surface area contributed by atoms with Gasteiger partial charge in [-0.05, 0) is 52.5 Å². The Bertz CT molecular complexity index is 705. The Labute approximate surface area is 162 Å². The second-order valence-electron chi connectivity index (χ2n) is 8.57. The fourth-order valence-electron chi connectivity index (χ4n) is 4.75. The first-order valence-corrected chi connectivity index (χ1v) is 10.2. The number of amides is 1. The highest BCUT2D eigenvalue weighted by Crippen LogP contribution is 2.41. The van der Waals surface area contributed by atoms with E-state index in [0.717, 1.165) is 36.8 Å². The lowest BCUT2D eigenvalue weighted by Crippen LogP contribution is -2.62. The number of carbonyl (C=O) groups excluding carboxylic acids is 2. The molecule has 0 aromatic carbocycles. The van der Waals surface area contributed by atoms with Crippen molar-refractivity contribution in [2.75, 3.05) is 6.54 Å². The molecule has 3 fully saturated rings. The molecule has 3 rings (SSSR count). The van der Waals surface area contributed by atoms with E-state index in [1.807, 2.05) is 33.8 Å². The normalized spacial score (nSPS) is 28.8. The molecule has 5 heteroatoms. The molecule has 0 bridgehead atoms. The Hall–Kier alpha value is -1.88. The Balaban J connectivity index is 2.14. The standard InChI is InChI=1S/C22H32N2O3/c1-14(2)12-17-22(27)20(18(25)13-15(3)4)21(16-8-6-5-7-9-16)23-11-10-19(26)24(17)23/h12-13,16-17,21,25H,5-11H2,1-4H3/b20-18-/t17-,21-/m0/s1. The first-order chi connectivity index (χ1) is 12.8. The van der Waals surface area contributed by atoms with Crippen molar-refractivity contribution in [3.05, 3.63) is 34.6 Å². The number of hydrazine groups is 1. The summed E-state index contributed by atoms with van der Waals surface area (Å²) in [4.78, 5) is 26.2. The van der Waals surface area contributed by atoms with Gasteiger partial charge in [0.1, 0.15) is 11.8 Å². The van der Waals surface area contributed by atoms with E-state index in [1.54, 1.807) is 11.1 Å². The first-order valence-electron chi connectivity index (χ1n) is 10.2. The summed E-state index contributed by atoms with van der Waals surface area (Å²) >= 11 is 0. The van der Waals surface area contributed by atoms with Crippen LogP contribution in [0.1, 0.15) is 66.2 Å². The molecule has 1 aliphatic carbocycles. The van der Waals surface area contributed by atoms with Crippen LogP contribution < -0.4 is 0 Å². The summed E-state index contributed by atoms with van der Waals surface area (Å²) in [5, 5.41) is 14.6. The number of hydrogen-bond acceptors (Lipinski definition) is 4. The van der Waals surface area contributed by atoms with Crippen LogP contribution in [0.25, 0.3) is 0 Å². The van der Waals surface area contributed by atoms with Crippen LogP contribution in [0.5, 0.6) is 0 Å². The molecule has 1 amide bonds. The zero-order valence-corrected chi connectivity index (χ0v) is 17.0. The summed E-state index contributed by atoms with van der Waals surface area (Å²) < 4.78 is 0. The van der Waals surface area contributed by atoms with Crippen LogP contribution >= 0.6 is 0 Å². The Morgan fingerprint density at radius 2 is 1.70 bits per heavy atom. The molecule has 3 aliphatic rings. The van der Waals surface area contributed by atoms with E-state index in [9.17, 15) is 14.7 Å². The number of fused-ring (bicyclic) bond motifs is 1. The lowest BCUT2D eigenvalue weighted by Gasteiger charge is -2.48. The maximum Gasteiger partial charge on any atom is 0.239 e. The van der Waals surface area contributed by atoms with Gasteiger partial charge in [0.15, 0.2) is 5.78 Å². The molecule has 5 nitrogen and oxygen atoms in total. The molecule has 2 aliphatic heterocycles. The van der Waals surface area contributed by atoms with Crippen molar-refractivity contribution in [1.82, 2.24) is 10.0 Å². The van der Waals surface area contributed by atoms with Gasteiger partial charge in [0.05, 0.1) is 11.6 Å². The minimum atomic E-state index is -0.646. The van der Waals surface area contributed by atoms with Gasteiger partial charge >= 0.3 is 0 Å². The molecular formula is C22H32N2O3. The first kappa shape index (κ1) is 19.9. The maximum absolute atomic E-state index is 13.5. The van der Waals surface area contributed by atoms with Gasteiger partial charge < -0.3 is 5.11 Å². The van der Waals surface area contributed by atoms with Gasteiger partial charge in [0, 0.05) is 13.0 Å². The monoisotopic (exact) mass is 372 g/mol. The smallest absolute Gasteiger partial charge is 0.239 e. The maximum atomic E-state index is 13.5. The minimum absolute atomic E-state index is 0.00686. The van der Waals surface area contributed by atoms with Crippen LogP contribution in [0.2, 0.25) is 0 Å². The van der Waals surface area contributed by atoms with Crippen molar-refractivity contribution >= 4 is 11.7 Å². The van der Waals surface area contributed by atoms with Crippen molar-refractivity contribution in [3.8, 4) is 0 Å². The molecule has 1 N–H and O–H groups in total. The van der Waals surface area contributed by atoms with E-state index >= 15 is 0 Å². The summed E-state index contributed by atoms with van der Waals surface area (Å²) in [6.45, 7) is 8.32. The molecule has 1 saturated carbocycles. The average molecular weight is 373 g/mol. The number of hydrogen-bond donors (Lipinski definition) is 1. The minimum Gasteiger partial charge on any atom is -0.507 e. The zero-order chi connectivity index (χ0) is 19.7. The highest BCUT2D eigenvalue weighted by Gasteiger charge is 2.51. The summed E-state index contributed by atoms with van der Waals surface area (Å²) in [5.41, 5.74) is 2.44. The average Bonchev–Trinajstić information content (AvgIpc) is 2.98. The van der Waals surface area contributed by atoms with Crippen molar-refractivity contribution in [3.63, 3.8) is 0 Å². The third-order valence-electron chi connectivity index (χ3n) is 5.79. The van der Waals surface area contributed by atoms with Crippen LogP contribution in [0.4, 0.5) is 0 Å². The van der Waals surface area contributed by atoms with Gasteiger partial charge in [0.25, 0.3) is 0 Å². The SMILES string of the molecule is CC(C)=C/C(O)=C1/C(=O)[C@H](C=C(C)C)N2C(=O)CCN2[C@H]1C1CCCCC1. The van der Waals surface area contributed by atoms with Crippen LogP contribution in [-0.4, -0.2) is 45.4 Å². The van der Waals surface area contributed by atoms with E-state index in [0.29, 0.717) is 24.5 Å². The Kier molecular flexibility index (Phi) is 5.89. The van der Waals surface area contributed by atoms with Crippen molar-refractivity contribution < 1.29 is 14.7 Å². The quantitative estimate of drug-likeness (QED) is 0.461. The topological polar surface area (TPSA) is 60.9 Å². The predicted molar refractivity (Wildman–Crippen MR) is 106 cm³/mol. The molecule has 0 radical (unpaired) electrons. The molecule has 2 atom stereocenters. The van der Waals surface area contributed by atoms with Gasteiger partial charge in [-0.2, -0.15) is 0 Å². The highest BCUT2D eigenvalue weighted by molar-refractivity contribution is 6.05. The van der Waals surface area contributed by atoms with Gasteiger partial charge in [0.2, 0.25) is 5.91 Å². The fourth-order valence-corrected chi connectivity index (χ4v) is 4.75. The number of aliphatic hydroxyl groups excluding tert-OH is 1. The summed E-state index contributed by atoms with van der Waals surface area (Å²) in [5.74, 6) is 0.244. The van der Waals surface area contributed by atoms with Gasteiger partial charge in [-0.3, -0.25) is 14.6 Å². The predicted octanol–water partition coefficient (Wildman–Crippen LogP) is 4.08. The van der Waals surface area contributed by atoms with Gasteiger partial charge in [-0.15, -0.1) is 0 Å². The van der Waals surface area contributed by atoms with Gasteiger partial charge in [-0.25, -0.2) is 5.01 Å². The van der Waals surface area contributed by atoms with Crippen LogP contribution in [0.3, 0.4) is 0 Å². The van der Waals surface area contributed by atoms with Crippen molar-refractivity contribution in [2.24, 2.45) is 5.92 Å². The number of aliphatic hydroxyl groups is 1. The van der Waals surface area contributed by atoms with Crippen LogP contribution in [0.15, 0.2) is 34.6 Å². The third kappa shape index (κ3) is 3.88. The number of nitrogens with zero attached hydrogens (tertiary/aromatic N) is 2. The number of allylic oxidation sites excluding steroid dienone is 3. The molecule has 0 unspecified atom stereocenters. The van der Waals surface area contributed by atoms with E-state index in [1.165, 1.54) is 6.42 Å². The Morgan fingerprint density at radius 1 is 1.04 bits per heavy atom. The summed E-state index contributed by atoms with van der Waals surface area (Å²) in [7, 11) is 0. The molecule has 0 spiro atoms. The summed E-state index contributed by atoms with van der Waals surface area (Å²) in [6.07, 6.45) is 9.56.